The fraction of sp³-hybridized carbons (Fsp3) is 0.353. The fourth-order valence-corrected chi connectivity index (χ4v) is 5.55. The average molecular weight is 315 g/mol. The zero-order valence-electron chi connectivity index (χ0n) is 13.5. The molecule has 0 saturated heterocycles. The summed E-state index contributed by atoms with van der Waals surface area (Å²) in [5.74, 6) is 6.48. The molecule has 2 heteroatoms. The van der Waals surface area contributed by atoms with Gasteiger partial charge < -0.3 is 0 Å². The monoisotopic (exact) mass is 316 g/mol. The minimum atomic E-state index is -2.02. The van der Waals surface area contributed by atoms with Crippen LogP contribution in [0.15, 0.2) is 42.6 Å². The van der Waals surface area contributed by atoms with Crippen LogP contribution in [-0.4, -0.2) is 18.3 Å². The molecule has 1 aromatic heterocycles. The Morgan fingerprint density at radius 2 is 1.74 bits per heavy atom. The number of hydrogen-bond acceptors (Lipinski definition) is 1. The quantitative estimate of drug-likeness (QED) is 0.764. The molecular formula is C17H23GeN. The number of nitrogens with zero attached hydrogens (tertiary/aromatic N) is 1. The van der Waals surface area contributed by atoms with Crippen LogP contribution in [0.5, 0.6) is 0 Å². The van der Waals surface area contributed by atoms with Gasteiger partial charge in [0.1, 0.15) is 0 Å². The van der Waals surface area contributed by atoms with Crippen LogP contribution in [0.1, 0.15) is 26.7 Å². The summed E-state index contributed by atoms with van der Waals surface area (Å²) in [5, 5.41) is 0. The predicted octanol–water partition coefficient (Wildman–Crippen LogP) is 4.42. The zero-order chi connectivity index (χ0) is 15.0. The van der Waals surface area contributed by atoms with E-state index < -0.39 is 19.2 Å². The maximum atomic E-state index is 8.46. The molecule has 0 radical (unpaired) electrons. The van der Waals surface area contributed by atoms with Gasteiger partial charge in [0, 0.05) is 0 Å². The Hall–Kier alpha value is -1.09. The van der Waals surface area contributed by atoms with Gasteiger partial charge in [0.05, 0.1) is 0 Å². The van der Waals surface area contributed by atoms with Gasteiger partial charge in [-0.15, -0.1) is 0 Å². The van der Waals surface area contributed by atoms with E-state index in [4.69, 9.17) is 1.37 Å². The summed E-state index contributed by atoms with van der Waals surface area (Å²) in [4.78, 5) is 4.65. The van der Waals surface area contributed by atoms with Crippen molar-refractivity contribution in [2.45, 2.75) is 37.0 Å². The molecule has 0 atom stereocenters. The normalized spacial score (nSPS) is 13.2. The van der Waals surface area contributed by atoms with Gasteiger partial charge in [0.15, 0.2) is 0 Å². The molecule has 0 amide bonds. The van der Waals surface area contributed by atoms with E-state index in [1.165, 1.54) is 4.40 Å². The third kappa shape index (κ3) is 3.27. The molecule has 0 saturated carbocycles. The van der Waals surface area contributed by atoms with Crippen LogP contribution in [0.3, 0.4) is 0 Å². The van der Waals surface area contributed by atoms with Gasteiger partial charge in [0.25, 0.3) is 0 Å². The summed E-state index contributed by atoms with van der Waals surface area (Å²) in [6.45, 7) is 3.93. The summed E-state index contributed by atoms with van der Waals surface area (Å²) in [5.41, 5.74) is 3.22. The molecule has 0 aliphatic rings. The van der Waals surface area contributed by atoms with Crippen molar-refractivity contribution in [2.75, 3.05) is 0 Å². The number of benzene rings is 1. The Labute approximate surface area is 120 Å². The van der Waals surface area contributed by atoms with E-state index in [0.29, 0.717) is 0 Å². The molecule has 1 heterocycles. The second kappa shape index (κ2) is 5.50. The summed E-state index contributed by atoms with van der Waals surface area (Å²) < 4.78 is 9.79. The molecule has 0 fully saturated rings. The van der Waals surface area contributed by atoms with Crippen LogP contribution in [-0.2, 0) is 0 Å². The summed E-state index contributed by atoms with van der Waals surface area (Å²) >= 11 is -2.02. The van der Waals surface area contributed by atoms with Gasteiger partial charge in [-0.25, -0.2) is 0 Å². The average Bonchev–Trinajstić information content (AvgIpc) is 2.37. The zero-order valence-corrected chi connectivity index (χ0v) is 14.6. The standard InChI is InChI=1S/C17H23GeN/c1-13(2)15-11-17(14-9-7-6-8-10-14)19-12-16(15)18(3,4)5/h6-13H,1-5H3/i13D. The fourth-order valence-electron chi connectivity index (χ4n) is 2.23. The van der Waals surface area contributed by atoms with E-state index in [-0.39, 0.29) is 0 Å². The maximum absolute atomic E-state index is 8.46. The first kappa shape index (κ1) is 12.9. The summed E-state index contributed by atoms with van der Waals surface area (Å²) in [7, 11) is 0. The molecule has 19 heavy (non-hydrogen) atoms. The Balaban J connectivity index is 2.62. The van der Waals surface area contributed by atoms with Crippen LogP contribution in [0.25, 0.3) is 11.3 Å². The Morgan fingerprint density at radius 1 is 1.11 bits per heavy atom. The number of pyridine rings is 1. The molecule has 0 aliphatic carbocycles. The summed E-state index contributed by atoms with van der Waals surface area (Å²) in [6.07, 6.45) is 2.02. The van der Waals surface area contributed by atoms with Crippen molar-refractivity contribution in [3.05, 3.63) is 48.2 Å². The molecule has 0 aliphatic heterocycles. The van der Waals surface area contributed by atoms with Crippen LogP contribution in [0, 0.1) is 0 Å². The molecule has 2 rings (SSSR count). The van der Waals surface area contributed by atoms with Crippen LogP contribution in [0.4, 0.5) is 0 Å². The molecule has 0 unspecified atom stereocenters. The van der Waals surface area contributed by atoms with Gasteiger partial charge in [-0.05, 0) is 0 Å². The van der Waals surface area contributed by atoms with Crippen molar-refractivity contribution >= 4 is 17.7 Å². The molecule has 2 aromatic rings. The molecule has 100 valence electrons. The van der Waals surface area contributed by atoms with Crippen molar-refractivity contribution in [3.63, 3.8) is 0 Å². The SMILES string of the molecule is [2H]C(C)(C)c1cc(-c2ccccc2)nc[c]1[Ge]([CH3])([CH3])[CH3]. The van der Waals surface area contributed by atoms with Crippen molar-refractivity contribution < 1.29 is 1.37 Å². The van der Waals surface area contributed by atoms with E-state index >= 15 is 0 Å². The van der Waals surface area contributed by atoms with Crippen molar-refractivity contribution in [2.24, 2.45) is 0 Å². The molecule has 0 N–H and O–H groups in total. The van der Waals surface area contributed by atoms with Gasteiger partial charge in [-0.1, -0.05) is 0 Å². The Kier molecular flexibility index (Phi) is 3.74. The topological polar surface area (TPSA) is 12.9 Å². The number of hydrogen-bond donors (Lipinski definition) is 0. The first-order valence-corrected chi connectivity index (χ1v) is 14.1. The van der Waals surface area contributed by atoms with E-state index in [1.54, 1.807) is 0 Å². The van der Waals surface area contributed by atoms with Crippen molar-refractivity contribution in [1.82, 2.24) is 4.98 Å². The van der Waals surface area contributed by atoms with E-state index in [9.17, 15) is 0 Å². The number of rotatable bonds is 3. The van der Waals surface area contributed by atoms with Gasteiger partial charge in [0.2, 0.25) is 0 Å². The molecule has 0 bridgehead atoms. The van der Waals surface area contributed by atoms with E-state index in [0.717, 1.165) is 16.8 Å². The third-order valence-corrected chi connectivity index (χ3v) is 7.55. The first-order valence-electron chi connectivity index (χ1n) is 7.26. The summed E-state index contributed by atoms with van der Waals surface area (Å²) in [6, 6.07) is 12.3. The van der Waals surface area contributed by atoms with Gasteiger partial charge in [-0.3, -0.25) is 0 Å². The molecule has 0 spiro atoms. The Bertz CT molecular complexity index is 595. The van der Waals surface area contributed by atoms with E-state index in [1.807, 2.05) is 38.2 Å². The predicted molar refractivity (Wildman–Crippen MR) is 86.7 cm³/mol. The van der Waals surface area contributed by atoms with E-state index in [2.05, 4.69) is 40.5 Å². The van der Waals surface area contributed by atoms with Gasteiger partial charge >= 0.3 is 120 Å². The Morgan fingerprint density at radius 3 is 2.26 bits per heavy atom. The van der Waals surface area contributed by atoms with Gasteiger partial charge in [-0.2, -0.15) is 0 Å². The molecule has 1 aromatic carbocycles. The van der Waals surface area contributed by atoms with Crippen LogP contribution >= 0.6 is 0 Å². The third-order valence-electron chi connectivity index (χ3n) is 3.32. The van der Waals surface area contributed by atoms with Crippen LogP contribution in [0.2, 0.25) is 17.3 Å². The minimum absolute atomic E-state index is 0.583. The van der Waals surface area contributed by atoms with Crippen LogP contribution < -0.4 is 4.40 Å². The second-order valence-electron chi connectivity index (χ2n) is 6.23. The molecular weight excluding hydrogens is 291 g/mol. The second-order valence-corrected chi connectivity index (χ2v) is 16.8. The van der Waals surface area contributed by atoms with Crippen molar-refractivity contribution in [3.8, 4) is 11.3 Å². The first-order chi connectivity index (χ1) is 9.19. The van der Waals surface area contributed by atoms with Crippen molar-refractivity contribution in [1.29, 1.82) is 0 Å². The number of aromatic nitrogens is 1. The molecule has 1 nitrogen and oxygen atoms in total.